The molecule has 1 N–H and O–H groups in total. The highest BCUT2D eigenvalue weighted by Gasteiger charge is 2.18. The van der Waals surface area contributed by atoms with Crippen molar-refractivity contribution >= 4 is 16.9 Å². The van der Waals surface area contributed by atoms with Crippen LogP contribution in [-0.4, -0.2) is 37.2 Å². The minimum atomic E-state index is -0.332. The van der Waals surface area contributed by atoms with Crippen molar-refractivity contribution in [2.24, 2.45) is 5.92 Å². The van der Waals surface area contributed by atoms with Crippen molar-refractivity contribution in [2.75, 3.05) is 6.61 Å². The molecule has 4 aromatic rings. The summed E-state index contributed by atoms with van der Waals surface area (Å²) in [5, 5.41) is 5.13. The Hall–Kier alpha value is -3.65. The Morgan fingerprint density at radius 1 is 1.16 bits per heavy atom. The van der Waals surface area contributed by atoms with E-state index in [0.29, 0.717) is 41.4 Å². The summed E-state index contributed by atoms with van der Waals surface area (Å²) in [4.78, 5) is 31.5. The molecule has 4 heterocycles. The third kappa shape index (κ3) is 4.75. The molecule has 0 aliphatic heterocycles. The maximum absolute atomic E-state index is 13.0. The van der Waals surface area contributed by atoms with Crippen molar-refractivity contribution < 1.29 is 9.63 Å². The normalized spacial score (nSPS) is 12.1. The fourth-order valence-corrected chi connectivity index (χ4v) is 3.10. The number of aromatic nitrogens is 5. The second kappa shape index (κ2) is 9.44. The Morgan fingerprint density at radius 2 is 1.97 bits per heavy atom. The highest BCUT2D eigenvalue weighted by atomic mass is 16.6. The molecule has 4 rings (SSSR count). The predicted octanol–water partition coefficient (Wildman–Crippen LogP) is 3.64. The number of nitrogens with zero attached hydrogens (tertiary/aromatic N) is 5. The minimum Gasteiger partial charge on any atom is -0.273 e. The van der Waals surface area contributed by atoms with Gasteiger partial charge < -0.3 is 0 Å². The van der Waals surface area contributed by atoms with Crippen LogP contribution in [0.4, 0.5) is 0 Å². The third-order valence-corrected chi connectivity index (χ3v) is 5.10. The summed E-state index contributed by atoms with van der Waals surface area (Å²) in [6, 6.07) is 9.34. The molecule has 0 saturated carbocycles. The van der Waals surface area contributed by atoms with Gasteiger partial charge in [-0.15, -0.1) is 0 Å². The van der Waals surface area contributed by atoms with Crippen LogP contribution in [0.3, 0.4) is 0 Å². The van der Waals surface area contributed by atoms with Crippen molar-refractivity contribution in [3.63, 3.8) is 0 Å². The molecule has 1 unspecified atom stereocenters. The van der Waals surface area contributed by atoms with Gasteiger partial charge in [0.25, 0.3) is 5.91 Å². The van der Waals surface area contributed by atoms with Crippen LogP contribution < -0.4 is 5.48 Å². The molecule has 158 valence electrons. The summed E-state index contributed by atoms with van der Waals surface area (Å²) in [5.41, 5.74) is 6.06. The molecule has 0 aliphatic carbocycles. The van der Waals surface area contributed by atoms with Crippen molar-refractivity contribution in [2.45, 2.75) is 26.8 Å². The molecule has 0 spiro atoms. The van der Waals surface area contributed by atoms with Gasteiger partial charge in [0.15, 0.2) is 5.65 Å². The van der Waals surface area contributed by atoms with E-state index in [1.54, 1.807) is 41.7 Å². The van der Waals surface area contributed by atoms with Crippen LogP contribution in [-0.2, 0) is 11.4 Å². The smallest absolute Gasteiger partial charge is 0.273 e. The van der Waals surface area contributed by atoms with Crippen LogP contribution in [0.15, 0.2) is 61.3 Å². The van der Waals surface area contributed by atoms with E-state index < -0.39 is 0 Å². The van der Waals surface area contributed by atoms with Gasteiger partial charge >= 0.3 is 0 Å². The standard InChI is InChI=1S/C23H24N6O2/c1-3-16(2)15-31-28-23(30)19-10-21(18-7-5-9-25-12-18)27-22-20(19)13-26-29(22)14-17-6-4-8-24-11-17/h4-13,16H,3,14-15H2,1-2H3,(H,28,30). The zero-order chi connectivity index (χ0) is 21.6. The van der Waals surface area contributed by atoms with Gasteiger partial charge in [-0.05, 0) is 35.7 Å². The zero-order valence-electron chi connectivity index (χ0n) is 17.5. The first-order chi connectivity index (χ1) is 15.2. The molecule has 0 saturated heterocycles. The average molecular weight is 416 g/mol. The number of nitrogens with one attached hydrogen (secondary N) is 1. The topological polar surface area (TPSA) is 94.8 Å². The summed E-state index contributed by atoms with van der Waals surface area (Å²) >= 11 is 0. The number of hydrogen-bond acceptors (Lipinski definition) is 6. The van der Waals surface area contributed by atoms with Gasteiger partial charge in [-0.1, -0.05) is 26.3 Å². The van der Waals surface area contributed by atoms with Crippen molar-refractivity contribution in [1.29, 1.82) is 0 Å². The summed E-state index contributed by atoms with van der Waals surface area (Å²) in [7, 11) is 0. The lowest BCUT2D eigenvalue weighted by atomic mass is 10.1. The molecule has 1 atom stereocenters. The number of amides is 1. The van der Waals surface area contributed by atoms with Gasteiger partial charge in [0.05, 0.1) is 36.0 Å². The molecular weight excluding hydrogens is 392 g/mol. The summed E-state index contributed by atoms with van der Waals surface area (Å²) < 4.78 is 1.77. The van der Waals surface area contributed by atoms with E-state index in [-0.39, 0.29) is 5.91 Å². The summed E-state index contributed by atoms with van der Waals surface area (Å²) in [6.07, 6.45) is 9.57. The molecule has 31 heavy (non-hydrogen) atoms. The van der Waals surface area contributed by atoms with E-state index in [1.165, 1.54) is 0 Å². The monoisotopic (exact) mass is 416 g/mol. The van der Waals surface area contributed by atoms with Crippen LogP contribution >= 0.6 is 0 Å². The maximum Gasteiger partial charge on any atom is 0.275 e. The Morgan fingerprint density at radius 3 is 2.68 bits per heavy atom. The molecule has 0 fully saturated rings. The van der Waals surface area contributed by atoms with Crippen LogP contribution in [0.2, 0.25) is 0 Å². The first-order valence-electron chi connectivity index (χ1n) is 10.2. The molecule has 8 heteroatoms. The number of carbonyl (C=O) groups excluding carboxylic acids is 1. The molecule has 0 bridgehead atoms. The molecule has 0 radical (unpaired) electrons. The Labute approximate surface area is 180 Å². The number of carbonyl (C=O) groups is 1. The highest BCUT2D eigenvalue weighted by molar-refractivity contribution is 6.06. The molecule has 8 nitrogen and oxygen atoms in total. The van der Waals surface area contributed by atoms with Crippen molar-refractivity contribution in [3.8, 4) is 11.3 Å². The fraction of sp³-hybridized carbons (Fsp3) is 0.261. The third-order valence-electron chi connectivity index (χ3n) is 5.10. The molecule has 1 amide bonds. The van der Waals surface area contributed by atoms with E-state index in [0.717, 1.165) is 17.5 Å². The van der Waals surface area contributed by atoms with Crippen LogP contribution in [0.1, 0.15) is 36.2 Å². The minimum absolute atomic E-state index is 0.332. The number of hydroxylamine groups is 1. The van der Waals surface area contributed by atoms with E-state index in [1.807, 2.05) is 24.3 Å². The SMILES string of the molecule is CCC(C)CONC(=O)c1cc(-c2cccnc2)nc2c1cnn2Cc1cccnc1. The zero-order valence-corrected chi connectivity index (χ0v) is 17.5. The summed E-state index contributed by atoms with van der Waals surface area (Å²) in [5.74, 6) is 0.0210. The lowest BCUT2D eigenvalue weighted by Gasteiger charge is -2.11. The maximum atomic E-state index is 13.0. The molecule has 4 aromatic heterocycles. The number of hydrogen-bond donors (Lipinski definition) is 1. The molecule has 0 aromatic carbocycles. The first kappa shape index (κ1) is 20.6. The second-order valence-corrected chi connectivity index (χ2v) is 7.45. The van der Waals surface area contributed by atoms with E-state index in [9.17, 15) is 4.79 Å². The van der Waals surface area contributed by atoms with Crippen LogP contribution in [0.25, 0.3) is 22.3 Å². The number of rotatable bonds is 8. The Balaban J connectivity index is 1.72. The Bertz CT molecular complexity index is 1160. The lowest BCUT2D eigenvalue weighted by Crippen LogP contribution is -2.26. The number of fused-ring (bicyclic) bond motifs is 1. The van der Waals surface area contributed by atoms with Gasteiger partial charge in [-0.2, -0.15) is 5.10 Å². The van der Waals surface area contributed by atoms with Crippen LogP contribution in [0.5, 0.6) is 0 Å². The highest BCUT2D eigenvalue weighted by Crippen LogP contribution is 2.25. The van der Waals surface area contributed by atoms with Crippen molar-refractivity contribution in [3.05, 3.63) is 72.4 Å². The van der Waals surface area contributed by atoms with Gasteiger partial charge in [0.1, 0.15) is 0 Å². The average Bonchev–Trinajstić information content (AvgIpc) is 3.22. The van der Waals surface area contributed by atoms with Gasteiger partial charge in [-0.25, -0.2) is 15.1 Å². The molecular formula is C23H24N6O2. The first-order valence-corrected chi connectivity index (χ1v) is 10.2. The number of pyridine rings is 3. The van der Waals surface area contributed by atoms with Gasteiger partial charge in [-0.3, -0.25) is 19.6 Å². The second-order valence-electron chi connectivity index (χ2n) is 7.45. The van der Waals surface area contributed by atoms with Gasteiger partial charge in [0, 0.05) is 30.4 Å². The molecule has 0 aliphatic rings. The lowest BCUT2D eigenvalue weighted by molar-refractivity contribution is 0.0183. The largest absolute Gasteiger partial charge is 0.275 e. The quantitative estimate of drug-likeness (QED) is 0.441. The van der Waals surface area contributed by atoms with E-state index >= 15 is 0 Å². The van der Waals surface area contributed by atoms with Crippen molar-refractivity contribution in [1.82, 2.24) is 30.2 Å². The fourth-order valence-electron chi connectivity index (χ4n) is 3.10. The van der Waals surface area contributed by atoms with E-state index in [4.69, 9.17) is 9.82 Å². The van der Waals surface area contributed by atoms with Gasteiger partial charge in [0.2, 0.25) is 0 Å². The Kier molecular flexibility index (Phi) is 6.28. The predicted molar refractivity (Wildman–Crippen MR) is 117 cm³/mol. The van der Waals surface area contributed by atoms with E-state index in [2.05, 4.69) is 34.4 Å². The van der Waals surface area contributed by atoms with Crippen LogP contribution in [0, 0.1) is 5.92 Å². The summed E-state index contributed by atoms with van der Waals surface area (Å²) in [6.45, 7) is 5.09.